The molecule has 32 heteroatoms. The van der Waals surface area contributed by atoms with Crippen LogP contribution in [0.25, 0.3) is 81.7 Å². The molecular weight excluding hydrogens is 1880 g/mol. The predicted molar refractivity (Wildman–Crippen MR) is 584 cm³/mol. The van der Waals surface area contributed by atoms with Crippen LogP contribution in [-0.4, -0.2) is 139 Å². The van der Waals surface area contributed by atoms with Gasteiger partial charge in [0.1, 0.15) is 38.6 Å². The summed E-state index contributed by atoms with van der Waals surface area (Å²) in [5, 5.41) is 31.7. The van der Waals surface area contributed by atoms with Gasteiger partial charge in [-0.15, -0.1) is 90.7 Å². The number of fused-ring (bicyclic) bond motifs is 8. The number of carbonyl (C=O) groups is 8. The number of nitrogens with one attached hydrogen (secondary N) is 8. The number of aryl methyl sites for hydroxylation is 24. The highest BCUT2D eigenvalue weighted by molar-refractivity contribution is 7.23. The van der Waals surface area contributed by atoms with Crippen LogP contribution in [0.3, 0.4) is 0 Å². The molecule has 0 unspecified atom stereocenters. The molecule has 16 heterocycles. The molecule has 0 atom stereocenters. The molecule has 0 bridgehead atoms. The van der Waals surface area contributed by atoms with E-state index in [1.165, 1.54) is 135 Å². The Morgan fingerprint density at radius 3 is 0.514 bits per heavy atom. The van der Waals surface area contributed by atoms with Gasteiger partial charge in [0.2, 0.25) is 0 Å². The molecule has 0 aliphatic rings. The second-order valence-corrected chi connectivity index (χ2v) is 43.2. The van der Waals surface area contributed by atoms with Crippen LogP contribution in [0.15, 0.2) is 48.5 Å². The van der Waals surface area contributed by atoms with Crippen LogP contribution in [-0.2, 0) is 0 Å². The number of carbonyl (C=O) groups excluding carboxylic acids is 8. The zero-order valence-electron chi connectivity index (χ0n) is 86.1. The molecular formula is C106H132N16O8S8. The van der Waals surface area contributed by atoms with Crippen molar-refractivity contribution in [1.82, 2.24) is 82.4 Å². The second-order valence-electron chi connectivity index (χ2n) is 35.2. The van der Waals surface area contributed by atoms with E-state index >= 15 is 0 Å². The summed E-state index contributed by atoms with van der Waals surface area (Å²) in [5.74, 6) is -0.000811. The van der Waals surface area contributed by atoms with Crippen molar-refractivity contribution in [3.63, 3.8) is 0 Å². The summed E-state index contributed by atoms with van der Waals surface area (Å²) < 4.78 is 0. The lowest BCUT2D eigenvalue weighted by Gasteiger charge is -2.07. The minimum absolute atomic E-state index is 0.00236. The third kappa shape index (κ3) is 26.0. The normalized spacial score (nSPS) is 10.9. The number of rotatable bonds is 16. The summed E-state index contributed by atoms with van der Waals surface area (Å²) >= 11 is 11.8. The Morgan fingerprint density at radius 2 is 0.377 bits per heavy atom. The van der Waals surface area contributed by atoms with Crippen molar-refractivity contribution in [2.45, 2.75) is 246 Å². The number of hydrogen-bond acceptors (Lipinski definition) is 24. The molecule has 0 saturated heterocycles. The Morgan fingerprint density at radius 1 is 0.232 bits per heavy atom. The van der Waals surface area contributed by atoms with Crippen LogP contribution in [0.1, 0.15) is 280 Å². The van der Waals surface area contributed by atoms with Gasteiger partial charge in [0.15, 0.2) is 0 Å². The van der Waals surface area contributed by atoms with Crippen LogP contribution in [0, 0.1) is 166 Å². The molecule has 732 valence electrons. The maximum Gasteiger partial charge on any atom is 0.261 e. The lowest BCUT2D eigenvalue weighted by Crippen LogP contribution is -2.29. The standard InChI is InChI=1S/4C14H18N2OS.2C13H16N2OS.2C12H14N2OS/c2*1-7(2)15-13(17)12-10(5)11-8(3)6-9(4)16-14(11)18-12;2*1-5-6-15-13(17)12-10(4)11-8(2)7-9(3)16-14(11)18-12;2*1-5-14-12(16)11-9(4)10-7(2)6-8(3)15-13(10)17-11;2*1-6-5-7(2)14-12-9(6)8(3)10(16-12)11(15)13-4/h2*6-7H,1-5H3,(H,15,17);2*7H,5-6H2,1-4H3,(H,15,17);2*6H,5H2,1-4H3,(H,14,16);2*5H,1-4H3,(H,13,15). The number of thiophene rings is 8. The Hall–Kier alpha value is -11.4. The van der Waals surface area contributed by atoms with E-state index in [9.17, 15) is 38.4 Å². The highest BCUT2D eigenvalue weighted by Gasteiger charge is 2.26. The van der Waals surface area contributed by atoms with Crippen molar-refractivity contribution in [2.24, 2.45) is 0 Å². The average Bonchev–Trinajstić information content (AvgIpc) is 1.65. The zero-order valence-corrected chi connectivity index (χ0v) is 92.7. The molecule has 138 heavy (non-hydrogen) atoms. The van der Waals surface area contributed by atoms with Crippen LogP contribution < -0.4 is 42.5 Å². The smallest absolute Gasteiger partial charge is 0.261 e. The first kappa shape index (κ1) is 110. The van der Waals surface area contributed by atoms with Crippen molar-refractivity contribution < 1.29 is 38.4 Å². The highest BCUT2D eigenvalue weighted by atomic mass is 32.1. The van der Waals surface area contributed by atoms with Gasteiger partial charge in [0.25, 0.3) is 47.3 Å². The first-order chi connectivity index (χ1) is 65.0. The Kier molecular flexibility index (Phi) is 38.7. The van der Waals surface area contributed by atoms with Gasteiger partial charge in [-0.05, 0) is 358 Å². The number of aromatic nitrogens is 8. The fourth-order valence-electron chi connectivity index (χ4n) is 16.7. The Balaban J connectivity index is 0.000000177. The minimum atomic E-state index is -0.0300. The topological polar surface area (TPSA) is 336 Å². The third-order valence-corrected chi connectivity index (χ3v) is 32.0. The van der Waals surface area contributed by atoms with Crippen molar-refractivity contribution in [3.8, 4) is 0 Å². The van der Waals surface area contributed by atoms with Crippen LogP contribution >= 0.6 is 90.7 Å². The van der Waals surface area contributed by atoms with E-state index in [-0.39, 0.29) is 59.3 Å². The summed E-state index contributed by atoms with van der Waals surface area (Å²) in [6.45, 7) is 66.9. The number of amides is 8. The molecule has 0 aliphatic carbocycles. The largest absolute Gasteiger partial charge is 0.354 e. The van der Waals surface area contributed by atoms with Gasteiger partial charge < -0.3 is 42.5 Å². The lowest BCUT2D eigenvalue weighted by molar-refractivity contribution is 0.0938. The molecule has 0 spiro atoms. The average molecular weight is 2010 g/mol. The summed E-state index contributed by atoms with van der Waals surface area (Å²) in [7, 11) is 3.30. The van der Waals surface area contributed by atoms with Crippen molar-refractivity contribution >= 4 is 220 Å². The van der Waals surface area contributed by atoms with E-state index in [1.807, 2.05) is 166 Å². The van der Waals surface area contributed by atoms with Gasteiger partial charge in [-0.2, -0.15) is 0 Å². The monoisotopic (exact) mass is 2010 g/mol. The molecule has 0 aliphatic heterocycles. The van der Waals surface area contributed by atoms with E-state index in [1.54, 1.807) is 14.1 Å². The molecule has 16 rings (SSSR count). The fraction of sp³-hybridized carbons (Fsp3) is 0.396. The Labute approximate surface area is 842 Å². The lowest BCUT2D eigenvalue weighted by atomic mass is 10.1. The van der Waals surface area contributed by atoms with Crippen molar-refractivity contribution in [2.75, 3.05) is 40.3 Å². The maximum absolute atomic E-state index is 12.1. The minimum Gasteiger partial charge on any atom is -0.354 e. The van der Waals surface area contributed by atoms with Gasteiger partial charge in [-0.1, -0.05) is 13.8 Å². The number of pyridine rings is 8. The molecule has 24 nitrogen and oxygen atoms in total. The van der Waals surface area contributed by atoms with E-state index in [2.05, 4.69) is 186 Å². The molecule has 0 radical (unpaired) electrons. The molecule has 8 N–H and O–H groups in total. The van der Waals surface area contributed by atoms with Gasteiger partial charge >= 0.3 is 0 Å². The Bertz CT molecular complexity index is 6890. The summed E-state index contributed by atoms with van der Waals surface area (Å²) in [5.41, 5.74) is 25.8. The quantitative estimate of drug-likeness (QED) is 0.0445. The van der Waals surface area contributed by atoms with Gasteiger partial charge in [0.05, 0.1) is 39.0 Å². The summed E-state index contributed by atoms with van der Waals surface area (Å²) in [6, 6.07) is 16.8. The highest BCUT2D eigenvalue weighted by Crippen LogP contribution is 2.40. The fourth-order valence-corrected chi connectivity index (χ4v) is 26.5. The van der Waals surface area contributed by atoms with Crippen LogP contribution in [0.4, 0.5) is 0 Å². The zero-order chi connectivity index (χ0) is 102. The number of nitrogens with zero attached hydrogens (tertiary/aromatic N) is 8. The van der Waals surface area contributed by atoms with Crippen LogP contribution in [0.5, 0.6) is 0 Å². The van der Waals surface area contributed by atoms with E-state index in [4.69, 9.17) is 0 Å². The third-order valence-electron chi connectivity index (χ3n) is 22.5. The molecule has 16 aromatic rings. The molecule has 16 aromatic heterocycles. The summed E-state index contributed by atoms with van der Waals surface area (Å²) in [6.07, 6.45) is 1.90. The first-order valence-corrected chi connectivity index (χ1v) is 52.8. The molecule has 8 amide bonds. The molecule has 0 aromatic carbocycles. The van der Waals surface area contributed by atoms with E-state index in [0.717, 1.165) is 237 Å². The van der Waals surface area contributed by atoms with Crippen LogP contribution in [0.2, 0.25) is 0 Å². The van der Waals surface area contributed by atoms with E-state index < -0.39 is 0 Å². The summed E-state index contributed by atoms with van der Waals surface area (Å²) in [4.78, 5) is 145. The van der Waals surface area contributed by atoms with Gasteiger partial charge in [-0.3, -0.25) is 38.4 Å². The maximum atomic E-state index is 12.1. The number of hydrogen-bond donors (Lipinski definition) is 8. The van der Waals surface area contributed by atoms with Crippen molar-refractivity contribution in [1.29, 1.82) is 0 Å². The molecule has 0 fully saturated rings. The van der Waals surface area contributed by atoms with Gasteiger partial charge in [0, 0.05) is 141 Å². The van der Waals surface area contributed by atoms with E-state index in [0.29, 0.717) is 13.1 Å². The SMILES string of the molecule is CCCNC(=O)c1sc2nc(C)cc(C)c2c1C.CCCNC(=O)c1sc2nc(C)cc(C)c2c1C.CCNC(=O)c1sc2nc(C)cc(C)c2c1C.CCNC(=O)c1sc2nc(C)cc(C)c2c1C.CNC(=O)c1sc2nc(C)cc(C)c2c1C.CNC(=O)c1sc2nc(C)cc(C)c2c1C.Cc1cc(C)c2c(C)c(C(=O)NC(C)C)sc2n1.Cc1cc(C)c2c(C)c(C(=O)NC(C)C)sc2n1. The van der Waals surface area contributed by atoms with Crippen molar-refractivity contribution in [3.05, 3.63) is 222 Å². The molecule has 0 saturated carbocycles. The van der Waals surface area contributed by atoms with Gasteiger partial charge in [-0.25, -0.2) is 39.9 Å². The first-order valence-electron chi connectivity index (χ1n) is 46.2. The predicted octanol–water partition coefficient (Wildman–Crippen LogP) is 24.5. The second kappa shape index (κ2) is 48.5.